The zero-order chi connectivity index (χ0) is 11.5. The van der Waals surface area contributed by atoms with Gasteiger partial charge in [0.2, 0.25) is 0 Å². The number of carbonyl (C=O) groups is 1. The molecule has 3 heteroatoms. The van der Waals surface area contributed by atoms with Gasteiger partial charge in [0.25, 0.3) is 0 Å². The van der Waals surface area contributed by atoms with Gasteiger partial charge in [-0.05, 0) is 18.6 Å². The van der Waals surface area contributed by atoms with Gasteiger partial charge < -0.3 is 10.2 Å². The van der Waals surface area contributed by atoms with Crippen LogP contribution in [-0.4, -0.2) is 16.2 Å². The average Bonchev–Trinajstić information content (AvgIpc) is 2.17. The largest absolute Gasteiger partial charge is 0.508 e. The minimum Gasteiger partial charge on any atom is -0.508 e. The second-order valence-corrected chi connectivity index (χ2v) is 2.86. The highest BCUT2D eigenvalue weighted by molar-refractivity contribution is 5.80. The van der Waals surface area contributed by atoms with Gasteiger partial charge >= 0.3 is 5.97 Å². The minimum absolute atomic E-state index is 0.0219. The number of rotatable bonds is 6. The van der Waals surface area contributed by atoms with Crippen molar-refractivity contribution in [2.45, 2.75) is 19.8 Å². The number of aliphatic hydroxyl groups is 1. The number of aliphatic carboxylic acids is 1. The number of carboxylic acid groups (broad SMARTS) is 1. The standard InChI is InChI=1S/C12H16O3/c1-2-3-4-5-6-8-11(13)9-7-10-12(14)15/h4-10,13H,2-3H2,1H3,(H,14,15). The van der Waals surface area contributed by atoms with Crippen LogP contribution in [0.1, 0.15) is 19.8 Å². The first-order chi connectivity index (χ1) is 7.16. The molecule has 0 bridgehead atoms. The van der Waals surface area contributed by atoms with Gasteiger partial charge in [0.15, 0.2) is 0 Å². The van der Waals surface area contributed by atoms with Gasteiger partial charge in [-0.2, -0.15) is 0 Å². The molecule has 0 amide bonds. The normalized spacial score (nSPS) is 13.3. The third-order valence-electron chi connectivity index (χ3n) is 1.48. The molecule has 0 fully saturated rings. The summed E-state index contributed by atoms with van der Waals surface area (Å²) in [6, 6.07) is 0. The highest BCUT2D eigenvalue weighted by Crippen LogP contribution is 1.94. The lowest BCUT2D eigenvalue weighted by Crippen LogP contribution is -1.84. The lowest BCUT2D eigenvalue weighted by atomic mass is 10.3. The van der Waals surface area contributed by atoms with Crippen molar-refractivity contribution in [3.63, 3.8) is 0 Å². The lowest BCUT2D eigenvalue weighted by Gasteiger charge is -1.86. The van der Waals surface area contributed by atoms with Gasteiger partial charge in [-0.1, -0.05) is 37.6 Å². The summed E-state index contributed by atoms with van der Waals surface area (Å²) >= 11 is 0. The topological polar surface area (TPSA) is 57.5 Å². The summed E-state index contributed by atoms with van der Waals surface area (Å²) in [6.45, 7) is 2.09. The molecule has 3 nitrogen and oxygen atoms in total. The second kappa shape index (κ2) is 8.81. The lowest BCUT2D eigenvalue weighted by molar-refractivity contribution is -0.131. The Kier molecular flexibility index (Phi) is 7.77. The highest BCUT2D eigenvalue weighted by Gasteiger charge is 1.83. The molecule has 0 aliphatic heterocycles. The van der Waals surface area contributed by atoms with Crippen LogP contribution in [0.5, 0.6) is 0 Å². The zero-order valence-electron chi connectivity index (χ0n) is 8.76. The van der Waals surface area contributed by atoms with Crippen LogP contribution in [0, 0.1) is 0 Å². The Bertz CT molecular complexity index is 296. The van der Waals surface area contributed by atoms with Gasteiger partial charge in [0.1, 0.15) is 5.76 Å². The van der Waals surface area contributed by atoms with Crippen LogP contribution < -0.4 is 0 Å². The molecule has 0 rings (SSSR count). The van der Waals surface area contributed by atoms with Crippen molar-refractivity contribution in [3.05, 3.63) is 48.3 Å². The Hall–Kier alpha value is -1.77. The van der Waals surface area contributed by atoms with E-state index in [1.54, 1.807) is 6.08 Å². The molecule has 0 saturated carbocycles. The number of hydrogen-bond donors (Lipinski definition) is 2. The van der Waals surface area contributed by atoms with Crippen molar-refractivity contribution in [2.24, 2.45) is 0 Å². The molecular weight excluding hydrogens is 192 g/mol. The summed E-state index contributed by atoms with van der Waals surface area (Å²) in [4.78, 5) is 10.1. The molecule has 0 heterocycles. The van der Waals surface area contributed by atoms with E-state index in [4.69, 9.17) is 5.11 Å². The predicted molar refractivity (Wildman–Crippen MR) is 60.7 cm³/mol. The summed E-state index contributed by atoms with van der Waals surface area (Å²) in [5.41, 5.74) is 0. The molecule has 0 aromatic heterocycles. The number of aliphatic hydroxyl groups excluding tert-OH is 1. The smallest absolute Gasteiger partial charge is 0.328 e. The fourth-order valence-electron chi connectivity index (χ4n) is 0.780. The zero-order valence-corrected chi connectivity index (χ0v) is 8.76. The van der Waals surface area contributed by atoms with Gasteiger partial charge in [-0.15, -0.1) is 0 Å². The van der Waals surface area contributed by atoms with Crippen molar-refractivity contribution in [1.82, 2.24) is 0 Å². The molecule has 0 unspecified atom stereocenters. The second-order valence-electron chi connectivity index (χ2n) is 2.86. The molecule has 0 spiro atoms. The van der Waals surface area contributed by atoms with E-state index in [9.17, 15) is 9.90 Å². The fraction of sp³-hybridized carbons (Fsp3) is 0.250. The predicted octanol–water partition coefficient (Wildman–Crippen LogP) is 2.98. The molecular formula is C12H16O3. The van der Waals surface area contributed by atoms with Gasteiger partial charge in [-0.25, -0.2) is 4.79 Å². The van der Waals surface area contributed by atoms with E-state index in [1.807, 2.05) is 12.2 Å². The van der Waals surface area contributed by atoms with Crippen LogP contribution >= 0.6 is 0 Å². The summed E-state index contributed by atoms with van der Waals surface area (Å²) < 4.78 is 0. The highest BCUT2D eigenvalue weighted by atomic mass is 16.4. The summed E-state index contributed by atoms with van der Waals surface area (Å²) in [5, 5.41) is 17.5. The quantitative estimate of drug-likeness (QED) is 0.401. The Balaban J connectivity index is 4.00. The molecule has 0 aromatic carbocycles. The van der Waals surface area contributed by atoms with Crippen LogP contribution in [-0.2, 0) is 4.79 Å². The number of unbranched alkanes of at least 4 members (excludes halogenated alkanes) is 1. The molecule has 0 atom stereocenters. The fourth-order valence-corrected chi connectivity index (χ4v) is 0.780. The maximum absolute atomic E-state index is 10.1. The van der Waals surface area contributed by atoms with E-state index in [1.165, 1.54) is 18.2 Å². The Morgan fingerprint density at radius 1 is 1.13 bits per heavy atom. The summed E-state index contributed by atoms with van der Waals surface area (Å²) in [5.74, 6) is -1.01. The molecule has 2 N–H and O–H groups in total. The van der Waals surface area contributed by atoms with Crippen LogP contribution in [0.2, 0.25) is 0 Å². The molecule has 0 aromatic rings. The first-order valence-corrected chi connectivity index (χ1v) is 4.80. The van der Waals surface area contributed by atoms with Gasteiger partial charge in [0, 0.05) is 6.08 Å². The number of carboxylic acids is 1. The van der Waals surface area contributed by atoms with E-state index in [0.717, 1.165) is 18.9 Å². The van der Waals surface area contributed by atoms with Crippen LogP contribution in [0.25, 0.3) is 0 Å². The van der Waals surface area contributed by atoms with Crippen LogP contribution in [0.4, 0.5) is 0 Å². The monoisotopic (exact) mass is 208 g/mol. The number of hydrogen-bond acceptors (Lipinski definition) is 2. The maximum atomic E-state index is 10.1. The molecule has 0 saturated heterocycles. The van der Waals surface area contributed by atoms with Gasteiger partial charge in [0.05, 0.1) is 0 Å². The van der Waals surface area contributed by atoms with E-state index in [-0.39, 0.29) is 5.76 Å². The Morgan fingerprint density at radius 3 is 2.47 bits per heavy atom. The van der Waals surface area contributed by atoms with Crippen molar-refractivity contribution in [3.8, 4) is 0 Å². The molecule has 82 valence electrons. The Labute approximate surface area is 89.7 Å². The van der Waals surface area contributed by atoms with Crippen LogP contribution in [0.3, 0.4) is 0 Å². The molecule has 0 radical (unpaired) electrons. The molecule has 15 heavy (non-hydrogen) atoms. The first kappa shape index (κ1) is 13.2. The number of allylic oxidation sites excluding steroid dienone is 6. The third-order valence-corrected chi connectivity index (χ3v) is 1.48. The van der Waals surface area contributed by atoms with Crippen molar-refractivity contribution >= 4 is 5.97 Å². The Morgan fingerprint density at radius 2 is 1.87 bits per heavy atom. The van der Waals surface area contributed by atoms with Crippen molar-refractivity contribution in [2.75, 3.05) is 0 Å². The van der Waals surface area contributed by atoms with E-state index >= 15 is 0 Å². The van der Waals surface area contributed by atoms with E-state index in [0.29, 0.717) is 0 Å². The van der Waals surface area contributed by atoms with Crippen molar-refractivity contribution < 1.29 is 15.0 Å². The summed E-state index contributed by atoms with van der Waals surface area (Å²) in [7, 11) is 0. The van der Waals surface area contributed by atoms with Crippen LogP contribution in [0.15, 0.2) is 48.3 Å². The average molecular weight is 208 g/mol. The third kappa shape index (κ3) is 10.1. The van der Waals surface area contributed by atoms with E-state index in [2.05, 4.69) is 6.92 Å². The first-order valence-electron chi connectivity index (χ1n) is 4.80. The van der Waals surface area contributed by atoms with Crippen molar-refractivity contribution in [1.29, 1.82) is 0 Å². The van der Waals surface area contributed by atoms with E-state index < -0.39 is 5.97 Å². The summed E-state index contributed by atoms with van der Waals surface area (Å²) in [6.07, 6.45) is 12.7. The maximum Gasteiger partial charge on any atom is 0.328 e. The SMILES string of the molecule is CCCC=CC=CC(O)=CC=CC(=O)O. The van der Waals surface area contributed by atoms with Gasteiger partial charge in [-0.3, -0.25) is 0 Å². The molecule has 0 aliphatic carbocycles. The molecule has 0 aliphatic rings. The minimum atomic E-state index is -1.04.